The van der Waals surface area contributed by atoms with Crippen LogP contribution in [-0.2, 0) is 9.53 Å². The summed E-state index contributed by atoms with van der Waals surface area (Å²) in [5, 5.41) is 11.4. The second-order valence-corrected chi connectivity index (χ2v) is 7.21. The minimum Gasteiger partial charge on any atom is -0.481 e. The van der Waals surface area contributed by atoms with Crippen molar-refractivity contribution in [3.63, 3.8) is 0 Å². The molecule has 1 N–H and O–H groups in total. The van der Waals surface area contributed by atoms with Gasteiger partial charge < -0.3 is 19.7 Å². The molecule has 1 saturated heterocycles. The average molecular weight is 433 g/mol. The van der Waals surface area contributed by atoms with Crippen molar-refractivity contribution < 1.29 is 23.0 Å². The predicted molar refractivity (Wildman–Crippen MR) is 105 cm³/mol. The second-order valence-electron chi connectivity index (χ2n) is 6.38. The van der Waals surface area contributed by atoms with Gasteiger partial charge in [0.1, 0.15) is 23.2 Å². The van der Waals surface area contributed by atoms with E-state index >= 15 is 0 Å². The topological polar surface area (TPSA) is 89.5 Å². The summed E-state index contributed by atoms with van der Waals surface area (Å²) in [6, 6.07) is 8.37. The number of hydrogen-bond acceptors (Lipinski definition) is 8. The van der Waals surface area contributed by atoms with Gasteiger partial charge in [0.05, 0.1) is 18.8 Å². The highest BCUT2D eigenvalue weighted by molar-refractivity contribution is 7.13. The second kappa shape index (κ2) is 9.09. The van der Waals surface area contributed by atoms with E-state index < -0.39 is 17.7 Å². The molecule has 1 aromatic carbocycles. The zero-order valence-electron chi connectivity index (χ0n) is 15.6. The molecule has 2 aromatic heterocycles. The number of benzene rings is 1. The quantitative estimate of drug-likeness (QED) is 0.639. The Bertz CT molecular complexity index is 1020. The summed E-state index contributed by atoms with van der Waals surface area (Å²) < 4.78 is 37.6. The first kappa shape index (κ1) is 20.1. The number of nitrogens with one attached hydrogen (secondary N) is 1. The van der Waals surface area contributed by atoms with Crippen molar-refractivity contribution >= 4 is 28.2 Å². The van der Waals surface area contributed by atoms with Crippen molar-refractivity contribution in [1.82, 2.24) is 20.1 Å². The largest absolute Gasteiger partial charge is 0.481 e. The molecule has 8 nitrogen and oxygen atoms in total. The van der Waals surface area contributed by atoms with Crippen LogP contribution in [0, 0.1) is 11.6 Å². The number of rotatable bonds is 6. The first-order valence-corrected chi connectivity index (χ1v) is 9.94. The number of pyridine rings is 1. The van der Waals surface area contributed by atoms with E-state index in [0.29, 0.717) is 35.9 Å². The maximum absolute atomic E-state index is 13.7. The highest BCUT2D eigenvalue weighted by Crippen LogP contribution is 2.24. The number of aromatic nitrogens is 3. The molecule has 1 aliphatic rings. The highest BCUT2D eigenvalue weighted by Gasteiger charge is 2.27. The van der Waals surface area contributed by atoms with Crippen molar-refractivity contribution in [3.05, 3.63) is 59.2 Å². The van der Waals surface area contributed by atoms with Gasteiger partial charge in [-0.1, -0.05) is 17.4 Å². The lowest BCUT2D eigenvalue weighted by Crippen LogP contribution is -2.44. The molecule has 3 heterocycles. The molecule has 30 heavy (non-hydrogen) atoms. The smallest absolute Gasteiger partial charge is 0.260 e. The number of nitrogens with zero attached hydrogens (tertiary/aromatic N) is 4. The number of morpholine rings is 1. The van der Waals surface area contributed by atoms with Crippen LogP contribution in [0.3, 0.4) is 0 Å². The molecule has 156 valence electrons. The van der Waals surface area contributed by atoms with Crippen molar-refractivity contribution in [2.75, 3.05) is 31.6 Å². The Labute approximate surface area is 174 Å². The molecule has 0 saturated carbocycles. The first-order valence-electron chi connectivity index (χ1n) is 9.06. The average Bonchev–Trinajstić information content (AvgIpc) is 3.26. The van der Waals surface area contributed by atoms with E-state index in [1.54, 1.807) is 16.5 Å². The van der Waals surface area contributed by atoms with Gasteiger partial charge in [0.25, 0.3) is 5.91 Å². The standard InChI is InChI=1S/C19H17F2N5O3S/c20-12-4-5-15(13(21)8-12)29-10-18(27)26-6-7-28-16(9-26)14-2-1-3-17(23-14)24-19-25-22-11-30-19/h1-5,8,11,16H,6-7,9-10H2,(H,23,24,25)/t16-/m1/s1. The molecule has 1 aliphatic heterocycles. The number of carbonyl (C=O) groups excluding carboxylic acids is 1. The van der Waals surface area contributed by atoms with Crippen molar-refractivity contribution in [3.8, 4) is 5.75 Å². The Balaban J connectivity index is 1.37. The van der Waals surface area contributed by atoms with E-state index in [-0.39, 0.29) is 24.8 Å². The van der Waals surface area contributed by atoms with Crippen molar-refractivity contribution in [2.45, 2.75) is 6.10 Å². The third-order valence-electron chi connectivity index (χ3n) is 4.36. The zero-order chi connectivity index (χ0) is 20.9. The van der Waals surface area contributed by atoms with Crippen molar-refractivity contribution in [1.29, 1.82) is 0 Å². The number of halogens is 2. The molecular weight excluding hydrogens is 416 g/mol. The molecule has 0 radical (unpaired) electrons. The number of carbonyl (C=O) groups is 1. The third kappa shape index (κ3) is 4.86. The fraction of sp³-hybridized carbons (Fsp3) is 0.263. The van der Waals surface area contributed by atoms with Crippen LogP contribution in [0.15, 0.2) is 41.9 Å². The Morgan fingerprint density at radius 1 is 1.33 bits per heavy atom. The maximum atomic E-state index is 13.7. The number of hydrogen-bond donors (Lipinski definition) is 1. The van der Waals surface area contributed by atoms with Gasteiger partial charge >= 0.3 is 0 Å². The summed E-state index contributed by atoms with van der Waals surface area (Å²) >= 11 is 1.35. The Kier molecular flexibility index (Phi) is 6.10. The first-order chi connectivity index (χ1) is 14.6. The van der Waals surface area contributed by atoms with Crippen LogP contribution in [0.2, 0.25) is 0 Å². The Morgan fingerprint density at radius 2 is 2.23 bits per heavy atom. The SMILES string of the molecule is O=C(COc1ccc(F)cc1F)N1CCO[C@@H](c2cccc(Nc3nncs3)n2)C1. The van der Waals surface area contributed by atoms with E-state index in [0.717, 1.165) is 12.1 Å². The zero-order valence-corrected chi connectivity index (χ0v) is 16.4. The molecule has 11 heteroatoms. The highest BCUT2D eigenvalue weighted by atomic mass is 32.1. The Hall–Kier alpha value is -3.18. The van der Waals surface area contributed by atoms with Gasteiger partial charge in [-0.3, -0.25) is 4.79 Å². The molecule has 1 fully saturated rings. The van der Waals surface area contributed by atoms with E-state index in [2.05, 4.69) is 20.5 Å². The minimum atomic E-state index is -0.855. The number of anilines is 2. The van der Waals surface area contributed by atoms with Gasteiger partial charge in [-0.2, -0.15) is 0 Å². The van der Waals surface area contributed by atoms with Gasteiger partial charge in [-0.25, -0.2) is 13.8 Å². The van der Waals surface area contributed by atoms with Gasteiger partial charge in [-0.15, -0.1) is 10.2 Å². The normalized spacial score (nSPS) is 16.3. The van der Waals surface area contributed by atoms with Crippen LogP contribution in [0.25, 0.3) is 0 Å². The molecule has 3 aromatic rings. The number of amides is 1. The van der Waals surface area contributed by atoms with Gasteiger partial charge in [0, 0.05) is 12.6 Å². The van der Waals surface area contributed by atoms with Crippen LogP contribution in [0.5, 0.6) is 5.75 Å². The predicted octanol–water partition coefficient (Wildman–Crippen LogP) is 2.93. The fourth-order valence-corrected chi connectivity index (χ4v) is 3.37. The molecule has 1 amide bonds. The van der Waals surface area contributed by atoms with Gasteiger partial charge in [0.2, 0.25) is 5.13 Å². The lowest BCUT2D eigenvalue weighted by molar-refractivity contribution is -0.141. The summed E-state index contributed by atoms with van der Waals surface area (Å²) in [5.74, 6) is -1.47. The van der Waals surface area contributed by atoms with Crippen LogP contribution < -0.4 is 10.1 Å². The lowest BCUT2D eigenvalue weighted by Gasteiger charge is -2.32. The van der Waals surface area contributed by atoms with Crippen LogP contribution in [0.4, 0.5) is 19.7 Å². The molecule has 0 aliphatic carbocycles. The Morgan fingerprint density at radius 3 is 3.03 bits per heavy atom. The van der Waals surface area contributed by atoms with Crippen molar-refractivity contribution in [2.24, 2.45) is 0 Å². The number of ether oxygens (including phenoxy) is 2. The maximum Gasteiger partial charge on any atom is 0.260 e. The molecule has 4 rings (SSSR count). The van der Waals surface area contributed by atoms with Crippen LogP contribution in [0.1, 0.15) is 11.8 Å². The molecule has 0 unspecified atom stereocenters. The van der Waals surface area contributed by atoms with Gasteiger partial charge in [0.15, 0.2) is 18.2 Å². The summed E-state index contributed by atoms with van der Waals surface area (Å²) in [5.41, 5.74) is 2.27. The monoisotopic (exact) mass is 433 g/mol. The van der Waals surface area contributed by atoms with Crippen LogP contribution >= 0.6 is 11.3 Å². The molecular formula is C19H17F2N5O3S. The van der Waals surface area contributed by atoms with E-state index in [4.69, 9.17) is 9.47 Å². The summed E-state index contributed by atoms with van der Waals surface area (Å²) in [4.78, 5) is 18.6. The van der Waals surface area contributed by atoms with Gasteiger partial charge in [-0.05, 0) is 24.3 Å². The summed E-state index contributed by atoms with van der Waals surface area (Å²) in [7, 11) is 0. The fourth-order valence-electron chi connectivity index (χ4n) is 2.92. The van der Waals surface area contributed by atoms with E-state index in [9.17, 15) is 13.6 Å². The molecule has 0 bridgehead atoms. The van der Waals surface area contributed by atoms with Crippen LogP contribution in [-0.4, -0.2) is 52.3 Å². The molecule has 1 atom stereocenters. The summed E-state index contributed by atoms with van der Waals surface area (Å²) in [6.45, 7) is 0.634. The summed E-state index contributed by atoms with van der Waals surface area (Å²) in [6.07, 6.45) is -0.415. The van der Waals surface area contributed by atoms with E-state index in [1.165, 1.54) is 11.3 Å². The van der Waals surface area contributed by atoms with E-state index in [1.807, 2.05) is 12.1 Å². The molecule has 0 spiro atoms. The minimum absolute atomic E-state index is 0.174. The third-order valence-corrected chi connectivity index (χ3v) is 4.97. The lowest BCUT2D eigenvalue weighted by atomic mass is 10.2.